The van der Waals surface area contributed by atoms with Crippen LogP contribution in [0.4, 0.5) is 0 Å². The van der Waals surface area contributed by atoms with Crippen molar-refractivity contribution in [2.45, 2.75) is 6.92 Å². The summed E-state index contributed by atoms with van der Waals surface area (Å²) in [6.45, 7) is 2.01. The lowest BCUT2D eigenvalue weighted by molar-refractivity contribution is 1.05. The number of hydrogen-bond acceptors (Lipinski definition) is 3. The molecule has 0 saturated heterocycles. The number of nitrogens with zero attached hydrogens (tertiary/aromatic N) is 3. The minimum absolute atomic E-state index is 0.854. The van der Waals surface area contributed by atoms with Gasteiger partial charge in [0.1, 0.15) is 5.52 Å². The van der Waals surface area contributed by atoms with E-state index in [1.54, 1.807) is 18.6 Å². The second-order valence-corrected chi connectivity index (χ2v) is 2.42. The molecule has 0 aliphatic carbocycles. The summed E-state index contributed by atoms with van der Waals surface area (Å²) < 4.78 is 0. The van der Waals surface area contributed by atoms with Crippen LogP contribution in [-0.4, -0.2) is 15.2 Å². The first-order chi connectivity index (χ1) is 5.38. The summed E-state index contributed by atoms with van der Waals surface area (Å²) in [4.78, 5) is 3.95. The largest absolute Gasteiger partial charge is 0.262 e. The molecule has 0 bridgehead atoms. The number of rotatable bonds is 0. The van der Waals surface area contributed by atoms with Gasteiger partial charge in [-0.15, -0.1) is 5.10 Å². The second-order valence-electron chi connectivity index (χ2n) is 2.42. The van der Waals surface area contributed by atoms with Crippen LogP contribution in [-0.2, 0) is 0 Å². The van der Waals surface area contributed by atoms with Gasteiger partial charge in [-0.25, -0.2) is 0 Å². The first-order valence-corrected chi connectivity index (χ1v) is 3.40. The Labute approximate surface area is 64.1 Å². The van der Waals surface area contributed by atoms with E-state index in [0.29, 0.717) is 0 Å². The standard InChI is InChI=1S/C8H7N3/c1-6-4-10-11-8-5-9-3-2-7(6)8/h2-5H,1H3. The van der Waals surface area contributed by atoms with Crippen molar-refractivity contribution in [1.29, 1.82) is 0 Å². The van der Waals surface area contributed by atoms with Crippen LogP contribution in [0, 0.1) is 6.92 Å². The zero-order valence-electron chi connectivity index (χ0n) is 6.15. The van der Waals surface area contributed by atoms with Crippen LogP contribution in [0.5, 0.6) is 0 Å². The molecule has 54 valence electrons. The smallest absolute Gasteiger partial charge is 0.111 e. The molecule has 2 aromatic rings. The number of aromatic nitrogens is 3. The van der Waals surface area contributed by atoms with Crippen molar-refractivity contribution in [2.75, 3.05) is 0 Å². The lowest BCUT2D eigenvalue weighted by Crippen LogP contribution is -1.86. The van der Waals surface area contributed by atoms with Crippen molar-refractivity contribution in [1.82, 2.24) is 15.2 Å². The van der Waals surface area contributed by atoms with Crippen molar-refractivity contribution in [3.63, 3.8) is 0 Å². The Morgan fingerprint density at radius 3 is 3.00 bits per heavy atom. The summed E-state index contributed by atoms with van der Waals surface area (Å²) in [7, 11) is 0. The fourth-order valence-corrected chi connectivity index (χ4v) is 1.05. The fourth-order valence-electron chi connectivity index (χ4n) is 1.05. The average Bonchev–Trinajstić information content (AvgIpc) is 2.06. The molecule has 0 aromatic carbocycles. The van der Waals surface area contributed by atoms with Crippen molar-refractivity contribution < 1.29 is 0 Å². The molecule has 0 spiro atoms. The molecule has 0 unspecified atom stereocenters. The summed E-state index contributed by atoms with van der Waals surface area (Å²) >= 11 is 0. The van der Waals surface area contributed by atoms with Crippen molar-refractivity contribution >= 4 is 10.9 Å². The minimum Gasteiger partial charge on any atom is -0.262 e. The third-order valence-corrected chi connectivity index (χ3v) is 1.64. The Kier molecular flexibility index (Phi) is 1.28. The van der Waals surface area contributed by atoms with E-state index >= 15 is 0 Å². The van der Waals surface area contributed by atoms with Crippen molar-refractivity contribution in [3.05, 3.63) is 30.2 Å². The first-order valence-electron chi connectivity index (χ1n) is 3.40. The van der Waals surface area contributed by atoms with E-state index in [0.717, 1.165) is 16.5 Å². The Balaban J connectivity index is 2.91. The minimum atomic E-state index is 0.854. The summed E-state index contributed by atoms with van der Waals surface area (Å²) in [5.74, 6) is 0. The molecule has 0 fully saturated rings. The molecular formula is C8H7N3. The summed E-state index contributed by atoms with van der Waals surface area (Å²) in [6.07, 6.45) is 5.23. The molecule has 0 N–H and O–H groups in total. The van der Waals surface area contributed by atoms with E-state index in [2.05, 4.69) is 15.2 Å². The Bertz CT molecular complexity index is 378. The number of fused-ring (bicyclic) bond motifs is 1. The Hall–Kier alpha value is -1.51. The fraction of sp³-hybridized carbons (Fsp3) is 0.125. The van der Waals surface area contributed by atoms with Crippen molar-refractivity contribution in [2.24, 2.45) is 0 Å². The highest BCUT2D eigenvalue weighted by molar-refractivity contribution is 5.79. The van der Waals surface area contributed by atoms with Gasteiger partial charge in [-0.05, 0) is 18.6 Å². The highest BCUT2D eigenvalue weighted by Crippen LogP contribution is 2.11. The summed E-state index contributed by atoms with van der Waals surface area (Å²) in [5.41, 5.74) is 1.99. The quantitative estimate of drug-likeness (QED) is 0.561. The lowest BCUT2D eigenvalue weighted by atomic mass is 10.2. The maximum Gasteiger partial charge on any atom is 0.111 e. The van der Waals surface area contributed by atoms with Gasteiger partial charge in [-0.1, -0.05) is 0 Å². The molecule has 0 aliphatic rings. The zero-order chi connectivity index (χ0) is 7.68. The van der Waals surface area contributed by atoms with Crippen LogP contribution in [0.25, 0.3) is 10.9 Å². The van der Waals surface area contributed by atoms with Gasteiger partial charge >= 0.3 is 0 Å². The molecule has 2 heterocycles. The number of pyridine rings is 1. The SMILES string of the molecule is Cc1cnnc2cnccc12. The summed E-state index contributed by atoms with van der Waals surface area (Å²) in [5, 5.41) is 8.87. The van der Waals surface area contributed by atoms with Crippen LogP contribution in [0.1, 0.15) is 5.56 Å². The molecule has 2 rings (SSSR count). The molecule has 0 radical (unpaired) electrons. The number of aryl methyl sites for hydroxylation is 1. The molecule has 11 heavy (non-hydrogen) atoms. The van der Waals surface area contributed by atoms with Crippen LogP contribution < -0.4 is 0 Å². The van der Waals surface area contributed by atoms with E-state index in [1.165, 1.54) is 0 Å². The predicted octanol–water partition coefficient (Wildman–Crippen LogP) is 1.33. The van der Waals surface area contributed by atoms with Gasteiger partial charge in [0.2, 0.25) is 0 Å². The topological polar surface area (TPSA) is 38.7 Å². The van der Waals surface area contributed by atoms with Gasteiger partial charge in [0.25, 0.3) is 0 Å². The maximum atomic E-state index is 3.95. The van der Waals surface area contributed by atoms with Crippen molar-refractivity contribution in [3.8, 4) is 0 Å². The van der Waals surface area contributed by atoms with Crippen LogP contribution in [0.2, 0.25) is 0 Å². The van der Waals surface area contributed by atoms with Gasteiger partial charge in [-0.3, -0.25) is 4.98 Å². The van der Waals surface area contributed by atoms with Gasteiger partial charge in [0.15, 0.2) is 0 Å². The Morgan fingerprint density at radius 2 is 2.18 bits per heavy atom. The predicted molar refractivity (Wildman–Crippen MR) is 42.1 cm³/mol. The highest BCUT2D eigenvalue weighted by atomic mass is 15.1. The molecule has 3 heteroatoms. The average molecular weight is 145 g/mol. The van der Waals surface area contributed by atoms with Crippen LogP contribution in [0.3, 0.4) is 0 Å². The van der Waals surface area contributed by atoms with Gasteiger partial charge < -0.3 is 0 Å². The van der Waals surface area contributed by atoms with E-state index in [9.17, 15) is 0 Å². The molecule has 3 nitrogen and oxygen atoms in total. The van der Waals surface area contributed by atoms with E-state index in [4.69, 9.17) is 0 Å². The molecule has 0 aliphatic heterocycles. The van der Waals surface area contributed by atoms with E-state index in [1.807, 2.05) is 13.0 Å². The molecular weight excluding hydrogens is 138 g/mol. The van der Waals surface area contributed by atoms with E-state index in [-0.39, 0.29) is 0 Å². The number of hydrogen-bond donors (Lipinski definition) is 0. The third kappa shape index (κ3) is 0.941. The van der Waals surface area contributed by atoms with E-state index < -0.39 is 0 Å². The lowest BCUT2D eigenvalue weighted by Gasteiger charge is -1.96. The second kappa shape index (κ2) is 2.27. The zero-order valence-corrected chi connectivity index (χ0v) is 6.15. The summed E-state index contributed by atoms with van der Waals surface area (Å²) in [6, 6.07) is 1.94. The van der Waals surface area contributed by atoms with Crippen LogP contribution >= 0.6 is 0 Å². The molecule has 0 amide bonds. The monoisotopic (exact) mass is 145 g/mol. The molecule has 2 aromatic heterocycles. The maximum absolute atomic E-state index is 3.95. The highest BCUT2D eigenvalue weighted by Gasteiger charge is 1.95. The van der Waals surface area contributed by atoms with Gasteiger partial charge in [0, 0.05) is 11.6 Å². The Morgan fingerprint density at radius 1 is 1.27 bits per heavy atom. The normalized spacial score (nSPS) is 10.3. The van der Waals surface area contributed by atoms with Gasteiger partial charge in [0.05, 0.1) is 12.4 Å². The molecule has 0 atom stereocenters. The third-order valence-electron chi connectivity index (χ3n) is 1.64. The first kappa shape index (κ1) is 6.22. The van der Waals surface area contributed by atoms with Gasteiger partial charge in [-0.2, -0.15) is 5.10 Å². The van der Waals surface area contributed by atoms with Crippen LogP contribution in [0.15, 0.2) is 24.7 Å². The molecule has 0 saturated carbocycles.